The molecule has 1 nitrogen and oxygen atoms in total. The Balaban J connectivity index is 2.59. The number of hydrogen-bond donors (Lipinski definition) is 0. The van der Waals surface area contributed by atoms with Crippen molar-refractivity contribution in [3.05, 3.63) is 12.2 Å². The summed E-state index contributed by atoms with van der Waals surface area (Å²) in [6, 6.07) is 0. The lowest BCUT2D eigenvalue weighted by Crippen LogP contribution is -2.31. The first-order chi connectivity index (χ1) is 6.08. The Morgan fingerprint density at radius 3 is 2.77 bits per heavy atom. The Hall–Kier alpha value is -0.300. The van der Waals surface area contributed by atoms with E-state index in [1.54, 1.807) is 0 Å². The average Bonchev–Trinajstić information content (AvgIpc) is 2.04. The molecule has 0 fully saturated rings. The van der Waals surface area contributed by atoms with Gasteiger partial charge in [0.05, 0.1) is 6.10 Å². The average molecular weight is 182 g/mol. The molecule has 0 amide bonds. The van der Waals surface area contributed by atoms with Crippen LogP contribution in [0, 0.1) is 11.3 Å². The van der Waals surface area contributed by atoms with Gasteiger partial charge in [-0.2, -0.15) is 0 Å². The van der Waals surface area contributed by atoms with Crippen molar-refractivity contribution >= 4 is 0 Å². The molecule has 0 N–H and O–H groups in total. The minimum atomic E-state index is 0.353. The largest absolute Gasteiger partial charge is 0.374 e. The highest BCUT2D eigenvalue weighted by molar-refractivity contribution is 5.02. The summed E-state index contributed by atoms with van der Waals surface area (Å²) in [5, 5.41) is 0. The van der Waals surface area contributed by atoms with Crippen LogP contribution in [0.1, 0.15) is 40.5 Å². The SMILES string of the molecule is CCO[C@H]1C=CC[C@](C)(C(C)C)C1. The Kier molecular flexibility index (Phi) is 3.55. The smallest absolute Gasteiger partial charge is 0.0761 e. The fraction of sp³-hybridized carbons (Fsp3) is 0.833. The van der Waals surface area contributed by atoms with Crippen LogP contribution in [-0.4, -0.2) is 12.7 Å². The van der Waals surface area contributed by atoms with E-state index in [1.165, 1.54) is 12.8 Å². The molecule has 0 heterocycles. The van der Waals surface area contributed by atoms with Crippen molar-refractivity contribution < 1.29 is 4.74 Å². The highest BCUT2D eigenvalue weighted by Gasteiger charge is 2.32. The molecule has 1 aliphatic carbocycles. The van der Waals surface area contributed by atoms with Crippen LogP contribution in [0.2, 0.25) is 0 Å². The molecular weight excluding hydrogens is 160 g/mol. The fourth-order valence-corrected chi connectivity index (χ4v) is 1.90. The van der Waals surface area contributed by atoms with E-state index in [-0.39, 0.29) is 0 Å². The Labute approximate surface area is 82.2 Å². The van der Waals surface area contributed by atoms with Crippen LogP contribution in [0.15, 0.2) is 12.2 Å². The van der Waals surface area contributed by atoms with Crippen LogP contribution in [0.3, 0.4) is 0 Å². The maximum absolute atomic E-state index is 5.64. The summed E-state index contributed by atoms with van der Waals surface area (Å²) in [5.74, 6) is 0.736. The van der Waals surface area contributed by atoms with E-state index in [0.717, 1.165) is 12.5 Å². The van der Waals surface area contributed by atoms with E-state index >= 15 is 0 Å². The summed E-state index contributed by atoms with van der Waals surface area (Å²) in [7, 11) is 0. The van der Waals surface area contributed by atoms with Gasteiger partial charge in [-0.25, -0.2) is 0 Å². The number of hydrogen-bond acceptors (Lipinski definition) is 1. The first-order valence-electron chi connectivity index (χ1n) is 5.37. The summed E-state index contributed by atoms with van der Waals surface area (Å²) in [6.07, 6.45) is 7.23. The minimum Gasteiger partial charge on any atom is -0.374 e. The molecule has 0 spiro atoms. The molecule has 0 saturated heterocycles. The van der Waals surface area contributed by atoms with E-state index in [1.807, 2.05) is 0 Å². The first-order valence-corrected chi connectivity index (χ1v) is 5.37. The second-order valence-corrected chi connectivity index (χ2v) is 4.64. The summed E-state index contributed by atoms with van der Waals surface area (Å²) in [4.78, 5) is 0. The number of ether oxygens (including phenoxy) is 1. The summed E-state index contributed by atoms with van der Waals surface area (Å²) < 4.78 is 5.64. The summed E-state index contributed by atoms with van der Waals surface area (Å²) in [6.45, 7) is 9.87. The predicted octanol–water partition coefficient (Wildman–Crippen LogP) is 3.40. The van der Waals surface area contributed by atoms with Gasteiger partial charge in [-0.05, 0) is 31.1 Å². The fourth-order valence-electron chi connectivity index (χ4n) is 1.90. The molecule has 1 rings (SSSR count). The lowest BCUT2D eigenvalue weighted by atomic mass is 9.70. The zero-order valence-corrected chi connectivity index (χ0v) is 9.34. The van der Waals surface area contributed by atoms with Gasteiger partial charge in [0, 0.05) is 6.61 Å². The Morgan fingerprint density at radius 2 is 2.23 bits per heavy atom. The monoisotopic (exact) mass is 182 g/mol. The lowest BCUT2D eigenvalue weighted by Gasteiger charge is -2.38. The van der Waals surface area contributed by atoms with Crippen LogP contribution >= 0.6 is 0 Å². The van der Waals surface area contributed by atoms with Crippen LogP contribution < -0.4 is 0 Å². The normalized spacial score (nSPS) is 34.1. The van der Waals surface area contributed by atoms with Crippen LogP contribution in [-0.2, 0) is 4.74 Å². The zero-order valence-electron chi connectivity index (χ0n) is 9.34. The second-order valence-electron chi connectivity index (χ2n) is 4.64. The van der Waals surface area contributed by atoms with Crippen molar-refractivity contribution in [3.63, 3.8) is 0 Å². The molecule has 2 atom stereocenters. The van der Waals surface area contributed by atoms with Crippen molar-refractivity contribution in [2.75, 3.05) is 6.61 Å². The predicted molar refractivity (Wildman–Crippen MR) is 56.7 cm³/mol. The van der Waals surface area contributed by atoms with E-state index in [0.29, 0.717) is 11.5 Å². The molecular formula is C12H22O. The van der Waals surface area contributed by atoms with Gasteiger partial charge in [0.1, 0.15) is 0 Å². The molecule has 76 valence electrons. The van der Waals surface area contributed by atoms with Crippen LogP contribution in [0.25, 0.3) is 0 Å². The molecule has 0 saturated carbocycles. The van der Waals surface area contributed by atoms with Crippen molar-refractivity contribution in [2.24, 2.45) is 11.3 Å². The van der Waals surface area contributed by atoms with E-state index in [4.69, 9.17) is 4.74 Å². The van der Waals surface area contributed by atoms with Crippen LogP contribution in [0.5, 0.6) is 0 Å². The van der Waals surface area contributed by atoms with Crippen molar-refractivity contribution in [2.45, 2.75) is 46.6 Å². The van der Waals surface area contributed by atoms with Gasteiger partial charge in [0.25, 0.3) is 0 Å². The van der Waals surface area contributed by atoms with Crippen molar-refractivity contribution in [3.8, 4) is 0 Å². The molecule has 0 aromatic rings. The quantitative estimate of drug-likeness (QED) is 0.608. The maximum Gasteiger partial charge on any atom is 0.0761 e. The van der Waals surface area contributed by atoms with Gasteiger partial charge >= 0.3 is 0 Å². The van der Waals surface area contributed by atoms with Gasteiger partial charge < -0.3 is 4.74 Å². The van der Waals surface area contributed by atoms with Crippen molar-refractivity contribution in [1.29, 1.82) is 0 Å². The zero-order chi connectivity index (χ0) is 9.90. The van der Waals surface area contributed by atoms with E-state index in [2.05, 4.69) is 39.8 Å². The molecule has 0 bridgehead atoms. The number of allylic oxidation sites excluding steroid dienone is 1. The minimum absolute atomic E-state index is 0.353. The molecule has 0 aromatic carbocycles. The standard InChI is InChI=1S/C12H22O/c1-5-13-11-7-6-8-12(4,9-11)10(2)3/h6-7,10-11H,5,8-9H2,1-4H3/t11-,12-/m0/s1. The van der Waals surface area contributed by atoms with Gasteiger partial charge in [-0.15, -0.1) is 0 Å². The first kappa shape index (κ1) is 10.8. The third-order valence-electron chi connectivity index (χ3n) is 3.38. The Morgan fingerprint density at radius 1 is 1.54 bits per heavy atom. The summed E-state index contributed by atoms with van der Waals surface area (Å²) in [5.41, 5.74) is 0.439. The molecule has 1 aliphatic rings. The van der Waals surface area contributed by atoms with Gasteiger partial charge in [-0.3, -0.25) is 0 Å². The Bertz CT molecular complexity index is 184. The summed E-state index contributed by atoms with van der Waals surface area (Å²) >= 11 is 0. The molecule has 0 aliphatic heterocycles. The van der Waals surface area contributed by atoms with E-state index < -0.39 is 0 Å². The molecule has 1 heteroatoms. The molecule has 0 unspecified atom stereocenters. The topological polar surface area (TPSA) is 9.23 Å². The maximum atomic E-state index is 5.64. The van der Waals surface area contributed by atoms with E-state index in [9.17, 15) is 0 Å². The highest BCUT2D eigenvalue weighted by atomic mass is 16.5. The lowest BCUT2D eigenvalue weighted by molar-refractivity contribution is 0.0349. The van der Waals surface area contributed by atoms with Crippen molar-refractivity contribution in [1.82, 2.24) is 0 Å². The third-order valence-corrected chi connectivity index (χ3v) is 3.38. The highest BCUT2D eigenvalue weighted by Crippen LogP contribution is 2.39. The van der Waals surface area contributed by atoms with Gasteiger partial charge in [-0.1, -0.05) is 32.9 Å². The van der Waals surface area contributed by atoms with Crippen LogP contribution in [0.4, 0.5) is 0 Å². The number of rotatable bonds is 3. The molecule has 0 aromatic heterocycles. The molecule has 0 radical (unpaired) electrons. The third kappa shape index (κ3) is 2.57. The van der Waals surface area contributed by atoms with Gasteiger partial charge in [0.15, 0.2) is 0 Å². The van der Waals surface area contributed by atoms with Gasteiger partial charge in [0.2, 0.25) is 0 Å². The second kappa shape index (κ2) is 4.28. The molecule has 13 heavy (non-hydrogen) atoms.